The predicted octanol–water partition coefficient (Wildman–Crippen LogP) is -0.671. The van der Waals surface area contributed by atoms with Crippen LogP contribution in [0.15, 0.2) is 29.2 Å². The summed E-state index contributed by atoms with van der Waals surface area (Å²) in [5, 5.41) is 2.49. The van der Waals surface area contributed by atoms with Crippen molar-refractivity contribution in [1.82, 2.24) is 14.8 Å². The normalized spacial score (nSPS) is 12.1. The molecule has 0 aliphatic rings. The fourth-order valence-electron chi connectivity index (χ4n) is 1.58. The van der Waals surface area contributed by atoms with Gasteiger partial charge < -0.3 is 5.32 Å². The van der Waals surface area contributed by atoms with E-state index in [1.165, 1.54) is 12.1 Å². The van der Waals surface area contributed by atoms with Crippen molar-refractivity contribution < 1.29 is 21.6 Å². The molecule has 130 valence electrons. The third kappa shape index (κ3) is 8.07. The zero-order valence-electron chi connectivity index (χ0n) is 13.0. The first-order valence-corrected chi connectivity index (χ1v) is 10.3. The van der Waals surface area contributed by atoms with Crippen LogP contribution in [0.2, 0.25) is 0 Å². The topological polar surface area (TPSA) is 121 Å². The lowest BCUT2D eigenvalue weighted by Crippen LogP contribution is -2.37. The molecule has 0 heterocycles. The molecule has 0 spiro atoms. The molecule has 1 rings (SSSR count). The first-order valence-electron chi connectivity index (χ1n) is 6.88. The Morgan fingerprint density at radius 3 is 2.17 bits per heavy atom. The van der Waals surface area contributed by atoms with Gasteiger partial charge in [0.15, 0.2) is 0 Å². The van der Waals surface area contributed by atoms with Gasteiger partial charge in [-0.3, -0.25) is 4.79 Å². The fourth-order valence-corrected chi connectivity index (χ4v) is 3.05. The number of nitrogens with one attached hydrogen (secondary N) is 3. The van der Waals surface area contributed by atoms with Crippen LogP contribution in [0.3, 0.4) is 0 Å². The zero-order chi connectivity index (χ0) is 17.5. The van der Waals surface area contributed by atoms with E-state index in [1.54, 1.807) is 12.1 Å². The average molecular weight is 363 g/mol. The summed E-state index contributed by atoms with van der Waals surface area (Å²) in [6.07, 6.45) is 1.34. The van der Waals surface area contributed by atoms with Crippen LogP contribution in [0.25, 0.3) is 0 Å². The number of benzene rings is 1. The number of hydrogen-bond donors (Lipinski definition) is 3. The first-order chi connectivity index (χ1) is 10.6. The molecule has 8 nitrogen and oxygen atoms in total. The van der Waals surface area contributed by atoms with Crippen LogP contribution in [0.5, 0.6) is 0 Å². The van der Waals surface area contributed by atoms with Crippen molar-refractivity contribution in [3.63, 3.8) is 0 Å². The fraction of sp³-hybridized carbons (Fsp3) is 0.462. The summed E-state index contributed by atoms with van der Waals surface area (Å²) >= 11 is 0. The Morgan fingerprint density at radius 2 is 1.61 bits per heavy atom. The Kier molecular flexibility index (Phi) is 7.13. The van der Waals surface area contributed by atoms with Gasteiger partial charge in [0, 0.05) is 13.1 Å². The molecule has 0 aliphatic carbocycles. The highest BCUT2D eigenvalue weighted by molar-refractivity contribution is 7.89. The number of amides is 1. The molecule has 0 bridgehead atoms. The van der Waals surface area contributed by atoms with Crippen LogP contribution in [0.4, 0.5) is 0 Å². The summed E-state index contributed by atoms with van der Waals surface area (Å²) in [5.74, 6) is -0.475. The van der Waals surface area contributed by atoms with Gasteiger partial charge in [0.25, 0.3) is 0 Å². The van der Waals surface area contributed by atoms with Crippen molar-refractivity contribution in [2.24, 2.45) is 0 Å². The Balaban J connectivity index is 2.29. The Labute approximate surface area is 136 Å². The lowest BCUT2D eigenvalue weighted by atomic mass is 10.2. The van der Waals surface area contributed by atoms with Gasteiger partial charge in [-0.25, -0.2) is 26.3 Å². The van der Waals surface area contributed by atoms with Crippen LogP contribution in [0, 0.1) is 6.92 Å². The van der Waals surface area contributed by atoms with Crippen molar-refractivity contribution >= 4 is 26.0 Å². The predicted molar refractivity (Wildman–Crippen MR) is 86.8 cm³/mol. The van der Waals surface area contributed by atoms with Gasteiger partial charge in [0.05, 0.1) is 17.7 Å². The van der Waals surface area contributed by atoms with E-state index in [2.05, 4.69) is 14.8 Å². The summed E-state index contributed by atoms with van der Waals surface area (Å²) < 4.78 is 50.1. The summed E-state index contributed by atoms with van der Waals surface area (Å²) in [6, 6.07) is 6.47. The van der Waals surface area contributed by atoms with E-state index in [9.17, 15) is 21.6 Å². The molecule has 0 saturated heterocycles. The minimum Gasteiger partial charge on any atom is -0.355 e. The summed E-state index contributed by atoms with van der Waals surface area (Å²) in [4.78, 5) is 11.5. The third-order valence-corrected chi connectivity index (χ3v) is 4.94. The molecular weight excluding hydrogens is 342 g/mol. The van der Waals surface area contributed by atoms with Gasteiger partial charge in [0.2, 0.25) is 26.0 Å². The zero-order valence-corrected chi connectivity index (χ0v) is 14.6. The Morgan fingerprint density at radius 1 is 1.00 bits per heavy atom. The van der Waals surface area contributed by atoms with E-state index in [4.69, 9.17) is 0 Å². The van der Waals surface area contributed by atoms with Crippen LogP contribution in [0.1, 0.15) is 12.0 Å². The summed E-state index contributed by atoms with van der Waals surface area (Å²) in [5.41, 5.74) is 0.967. The van der Waals surface area contributed by atoms with E-state index in [-0.39, 0.29) is 24.5 Å². The lowest BCUT2D eigenvalue weighted by Gasteiger charge is -2.08. The Bertz CT molecular complexity index is 727. The van der Waals surface area contributed by atoms with Crippen LogP contribution < -0.4 is 14.8 Å². The van der Waals surface area contributed by atoms with Crippen LogP contribution in [-0.4, -0.2) is 48.6 Å². The number of carbonyl (C=O) groups is 1. The molecule has 1 aromatic carbocycles. The maximum atomic E-state index is 12.0. The highest BCUT2D eigenvalue weighted by Crippen LogP contribution is 2.09. The maximum absolute atomic E-state index is 12.0. The van der Waals surface area contributed by atoms with E-state index in [1.807, 2.05) is 6.92 Å². The molecular formula is C13H21N3O5S2. The molecule has 0 unspecified atom stereocenters. The maximum Gasteiger partial charge on any atom is 0.240 e. The number of rotatable bonds is 9. The molecule has 0 radical (unpaired) electrons. The van der Waals surface area contributed by atoms with Crippen molar-refractivity contribution in [2.75, 3.05) is 25.9 Å². The number of aryl methyl sites for hydroxylation is 1. The number of sulfonamides is 2. The standard InChI is InChI=1S/C13H21N3O5S2/c1-11-4-6-12(7-5-11)23(20,21)15-9-3-8-14-13(17)10-16-22(2,18)19/h4-7,15-16H,3,8-10H2,1-2H3,(H,14,17). The lowest BCUT2D eigenvalue weighted by molar-refractivity contribution is -0.119. The van der Waals surface area contributed by atoms with Gasteiger partial charge in [-0.05, 0) is 25.5 Å². The Hall–Kier alpha value is -1.49. The molecule has 1 aromatic rings. The first kappa shape index (κ1) is 19.6. The highest BCUT2D eigenvalue weighted by atomic mass is 32.2. The summed E-state index contributed by atoms with van der Waals surface area (Å²) in [6.45, 7) is 1.93. The van der Waals surface area contributed by atoms with Crippen molar-refractivity contribution in [1.29, 1.82) is 0 Å². The van der Waals surface area contributed by atoms with Gasteiger partial charge in [-0.15, -0.1) is 0 Å². The van der Waals surface area contributed by atoms with Gasteiger partial charge >= 0.3 is 0 Å². The van der Waals surface area contributed by atoms with Crippen molar-refractivity contribution in [2.45, 2.75) is 18.2 Å². The molecule has 10 heteroatoms. The quantitative estimate of drug-likeness (QED) is 0.502. The molecule has 3 N–H and O–H groups in total. The van der Waals surface area contributed by atoms with Crippen molar-refractivity contribution in [3.05, 3.63) is 29.8 Å². The molecule has 0 saturated carbocycles. The number of hydrogen-bond acceptors (Lipinski definition) is 5. The molecule has 0 fully saturated rings. The molecule has 0 aromatic heterocycles. The average Bonchev–Trinajstić information content (AvgIpc) is 2.44. The molecule has 1 amide bonds. The minimum absolute atomic E-state index is 0.163. The van der Waals surface area contributed by atoms with E-state index < -0.39 is 26.0 Å². The second-order valence-electron chi connectivity index (χ2n) is 5.01. The van der Waals surface area contributed by atoms with E-state index in [0.29, 0.717) is 6.42 Å². The van der Waals surface area contributed by atoms with Gasteiger partial charge in [-0.1, -0.05) is 17.7 Å². The van der Waals surface area contributed by atoms with Gasteiger partial charge in [-0.2, -0.15) is 0 Å². The van der Waals surface area contributed by atoms with Crippen molar-refractivity contribution in [3.8, 4) is 0 Å². The number of carbonyl (C=O) groups excluding carboxylic acids is 1. The summed E-state index contributed by atoms with van der Waals surface area (Å²) in [7, 11) is -6.97. The largest absolute Gasteiger partial charge is 0.355 e. The van der Waals surface area contributed by atoms with Crippen LogP contribution >= 0.6 is 0 Å². The third-order valence-electron chi connectivity index (χ3n) is 2.79. The van der Waals surface area contributed by atoms with E-state index >= 15 is 0 Å². The smallest absolute Gasteiger partial charge is 0.240 e. The molecule has 0 atom stereocenters. The SMILES string of the molecule is Cc1ccc(S(=O)(=O)NCCCNC(=O)CNS(C)(=O)=O)cc1. The molecule has 23 heavy (non-hydrogen) atoms. The minimum atomic E-state index is -3.56. The molecule has 0 aliphatic heterocycles. The van der Waals surface area contributed by atoms with Gasteiger partial charge in [0.1, 0.15) is 0 Å². The second-order valence-corrected chi connectivity index (χ2v) is 8.61. The highest BCUT2D eigenvalue weighted by Gasteiger charge is 2.12. The van der Waals surface area contributed by atoms with E-state index in [0.717, 1.165) is 11.8 Å². The monoisotopic (exact) mass is 363 g/mol. The van der Waals surface area contributed by atoms with Crippen LogP contribution in [-0.2, 0) is 24.8 Å². The second kappa shape index (κ2) is 8.39.